The predicted molar refractivity (Wildman–Crippen MR) is 152 cm³/mol. The van der Waals surface area contributed by atoms with E-state index in [2.05, 4.69) is 27.5 Å². The maximum atomic E-state index is 14.1. The van der Waals surface area contributed by atoms with Crippen molar-refractivity contribution in [1.82, 2.24) is 35.1 Å². The molecule has 1 N–H and O–H groups in total. The number of allylic oxidation sites excluding steroid dienone is 1. The van der Waals surface area contributed by atoms with Crippen molar-refractivity contribution in [2.75, 3.05) is 14.1 Å². The molecular formula is C30H35N7O3. The topological polar surface area (TPSA) is 111 Å². The molecule has 0 spiro atoms. The molecule has 10 nitrogen and oxygen atoms in total. The number of fused-ring (bicyclic) bond motifs is 1. The molecule has 3 heterocycles. The fraction of sp³-hybridized carbons (Fsp3) is 0.367. The van der Waals surface area contributed by atoms with Gasteiger partial charge in [-0.3, -0.25) is 9.48 Å². The van der Waals surface area contributed by atoms with Gasteiger partial charge >= 0.3 is 5.97 Å². The number of hydroxylamine groups is 2. The molecule has 2 aromatic heterocycles. The number of tetrazole rings is 1. The standard InChI is InChI=1S/C30H35N7O3/c1-5-6-8-13-26-25(29(38)37-27(30(39)40-35(3)4)17-14-20(2)36(26)37)19-21-15-16-23(22-11-9-7-10-12-22)24(18-21)28-31-33-34-32-28/h7,9-12,14-18,20,27H,5-6,8,13,19H2,1-4H3,(H,31,32,33,34). The number of rotatable bonds is 10. The maximum absolute atomic E-state index is 14.1. The molecule has 1 aliphatic heterocycles. The van der Waals surface area contributed by atoms with Crippen molar-refractivity contribution >= 4 is 5.97 Å². The lowest BCUT2D eigenvalue weighted by Gasteiger charge is -2.27. The zero-order valence-corrected chi connectivity index (χ0v) is 23.4. The number of carbonyl (C=O) groups is 1. The van der Waals surface area contributed by atoms with E-state index in [1.54, 1.807) is 24.9 Å². The number of aromatic nitrogens is 6. The summed E-state index contributed by atoms with van der Waals surface area (Å²) in [6.07, 6.45) is 7.98. The summed E-state index contributed by atoms with van der Waals surface area (Å²) in [6.45, 7) is 4.20. The molecule has 0 amide bonds. The smallest absolute Gasteiger partial charge is 0.353 e. The number of benzene rings is 2. The molecule has 5 rings (SSSR count). The monoisotopic (exact) mass is 541 g/mol. The highest BCUT2D eigenvalue weighted by atomic mass is 16.7. The lowest BCUT2D eigenvalue weighted by atomic mass is 9.94. The highest BCUT2D eigenvalue weighted by molar-refractivity contribution is 5.81. The van der Waals surface area contributed by atoms with Crippen molar-refractivity contribution in [2.45, 2.75) is 58.0 Å². The quantitative estimate of drug-likeness (QED) is 0.179. The van der Waals surface area contributed by atoms with E-state index in [0.29, 0.717) is 17.8 Å². The van der Waals surface area contributed by atoms with Crippen molar-refractivity contribution in [2.24, 2.45) is 0 Å². The molecule has 4 aromatic rings. The Balaban J connectivity index is 1.60. The summed E-state index contributed by atoms with van der Waals surface area (Å²) >= 11 is 0. The number of H-pyrrole nitrogens is 1. The minimum absolute atomic E-state index is 0.0724. The molecule has 2 aromatic carbocycles. The number of unbranched alkanes of at least 4 members (excludes halogenated alkanes) is 2. The first-order valence-electron chi connectivity index (χ1n) is 13.7. The second kappa shape index (κ2) is 11.8. The molecule has 0 aliphatic carbocycles. The van der Waals surface area contributed by atoms with E-state index in [4.69, 9.17) is 4.84 Å². The predicted octanol–water partition coefficient (Wildman–Crippen LogP) is 4.51. The van der Waals surface area contributed by atoms with Crippen LogP contribution in [0.3, 0.4) is 0 Å². The summed E-state index contributed by atoms with van der Waals surface area (Å²) < 4.78 is 3.57. The van der Waals surface area contributed by atoms with E-state index in [0.717, 1.165) is 53.6 Å². The van der Waals surface area contributed by atoms with Gasteiger partial charge in [0.25, 0.3) is 5.56 Å². The number of hydrogen-bond donors (Lipinski definition) is 1. The summed E-state index contributed by atoms with van der Waals surface area (Å²) in [5.41, 5.74) is 5.28. The third-order valence-electron chi connectivity index (χ3n) is 7.21. The summed E-state index contributed by atoms with van der Waals surface area (Å²) in [5.74, 6) is -0.00616. The zero-order chi connectivity index (χ0) is 28.2. The number of hydrogen-bond acceptors (Lipinski definition) is 7. The third-order valence-corrected chi connectivity index (χ3v) is 7.21. The Kier molecular flexibility index (Phi) is 8.06. The summed E-state index contributed by atoms with van der Waals surface area (Å²) in [6, 6.07) is 15.3. The van der Waals surface area contributed by atoms with Gasteiger partial charge in [0.15, 0.2) is 6.04 Å². The molecule has 0 saturated heterocycles. The maximum Gasteiger partial charge on any atom is 0.353 e. The fourth-order valence-electron chi connectivity index (χ4n) is 5.39. The molecule has 10 heteroatoms. The molecule has 0 bridgehead atoms. The van der Waals surface area contributed by atoms with Crippen LogP contribution in [0.5, 0.6) is 0 Å². The van der Waals surface area contributed by atoms with Gasteiger partial charge in [0.2, 0.25) is 5.82 Å². The summed E-state index contributed by atoms with van der Waals surface area (Å²) in [7, 11) is 3.30. The van der Waals surface area contributed by atoms with E-state index in [1.807, 2.05) is 66.2 Å². The average Bonchev–Trinajstić information content (AvgIpc) is 3.58. The van der Waals surface area contributed by atoms with Gasteiger partial charge in [0.05, 0.1) is 6.04 Å². The van der Waals surface area contributed by atoms with Crippen LogP contribution in [0, 0.1) is 0 Å². The number of nitrogens with one attached hydrogen (secondary N) is 1. The van der Waals surface area contributed by atoms with Crippen LogP contribution in [0.1, 0.15) is 62.0 Å². The Morgan fingerprint density at radius 3 is 2.55 bits per heavy atom. The van der Waals surface area contributed by atoms with Gasteiger partial charge in [-0.15, -0.1) is 15.3 Å². The second-order valence-corrected chi connectivity index (χ2v) is 10.3. The minimum atomic E-state index is -0.833. The van der Waals surface area contributed by atoms with E-state index in [9.17, 15) is 9.59 Å². The van der Waals surface area contributed by atoms with Crippen LogP contribution in [-0.2, 0) is 22.5 Å². The normalized spacial score (nSPS) is 16.3. The van der Waals surface area contributed by atoms with Crippen molar-refractivity contribution in [3.05, 3.63) is 87.9 Å². The number of aromatic amines is 1. The van der Waals surface area contributed by atoms with Crippen molar-refractivity contribution in [3.63, 3.8) is 0 Å². The van der Waals surface area contributed by atoms with Crippen LogP contribution in [0.2, 0.25) is 0 Å². The fourth-order valence-corrected chi connectivity index (χ4v) is 5.39. The zero-order valence-electron chi connectivity index (χ0n) is 23.4. The van der Waals surface area contributed by atoms with E-state index in [1.165, 1.54) is 5.06 Å². The largest absolute Gasteiger partial charge is 0.366 e. The molecule has 208 valence electrons. The van der Waals surface area contributed by atoms with Crippen molar-refractivity contribution in [3.8, 4) is 22.5 Å². The van der Waals surface area contributed by atoms with Crippen molar-refractivity contribution < 1.29 is 9.63 Å². The molecule has 40 heavy (non-hydrogen) atoms. The number of carbonyl (C=O) groups excluding carboxylic acids is 1. The van der Waals surface area contributed by atoms with Crippen LogP contribution in [0.15, 0.2) is 65.5 Å². The van der Waals surface area contributed by atoms with Crippen molar-refractivity contribution in [1.29, 1.82) is 0 Å². The third kappa shape index (κ3) is 5.40. The summed E-state index contributed by atoms with van der Waals surface area (Å²) in [5, 5.41) is 16.1. The van der Waals surface area contributed by atoms with Gasteiger partial charge in [0, 0.05) is 37.3 Å². The molecule has 2 atom stereocenters. The molecular weight excluding hydrogens is 506 g/mol. The van der Waals surface area contributed by atoms with Gasteiger partial charge in [-0.1, -0.05) is 74.4 Å². The molecule has 0 radical (unpaired) electrons. The lowest BCUT2D eigenvalue weighted by Crippen LogP contribution is -2.38. The molecule has 1 aliphatic rings. The van der Waals surface area contributed by atoms with Crippen LogP contribution >= 0.6 is 0 Å². The van der Waals surface area contributed by atoms with Gasteiger partial charge < -0.3 is 4.84 Å². The van der Waals surface area contributed by atoms with Crippen LogP contribution in [0.4, 0.5) is 0 Å². The Morgan fingerprint density at radius 2 is 1.85 bits per heavy atom. The Bertz CT molecular complexity index is 1550. The first-order chi connectivity index (χ1) is 19.4. The Morgan fingerprint density at radius 1 is 1.05 bits per heavy atom. The van der Waals surface area contributed by atoms with Gasteiger partial charge in [-0.2, -0.15) is 5.21 Å². The SMILES string of the molecule is CCCCCc1c(Cc2ccc(-c3ccccc3)c(-c3nn[nH]n3)c2)c(=O)n2n1C(C)C=CC2C(=O)ON(C)C. The Hall–Kier alpha value is -4.31. The highest BCUT2D eigenvalue weighted by Crippen LogP contribution is 2.32. The van der Waals surface area contributed by atoms with E-state index >= 15 is 0 Å². The molecule has 0 saturated carbocycles. The van der Waals surface area contributed by atoms with Crippen LogP contribution in [-0.4, -0.2) is 55.1 Å². The van der Waals surface area contributed by atoms with Crippen LogP contribution < -0.4 is 5.56 Å². The van der Waals surface area contributed by atoms with Gasteiger partial charge in [0.1, 0.15) is 0 Å². The first-order valence-corrected chi connectivity index (χ1v) is 13.7. The van der Waals surface area contributed by atoms with E-state index < -0.39 is 12.0 Å². The van der Waals surface area contributed by atoms with E-state index in [-0.39, 0.29) is 11.6 Å². The lowest BCUT2D eigenvalue weighted by molar-refractivity contribution is -0.181. The van der Waals surface area contributed by atoms with Gasteiger partial charge in [-0.05, 0) is 47.7 Å². The number of nitrogens with zero attached hydrogens (tertiary/aromatic N) is 6. The molecule has 0 fully saturated rings. The minimum Gasteiger partial charge on any atom is -0.366 e. The highest BCUT2D eigenvalue weighted by Gasteiger charge is 2.33. The second-order valence-electron chi connectivity index (χ2n) is 10.3. The Labute approximate surface area is 233 Å². The average molecular weight is 542 g/mol. The van der Waals surface area contributed by atoms with Gasteiger partial charge in [-0.25, -0.2) is 9.48 Å². The summed E-state index contributed by atoms with van der Waals surface area (Å²) in [4.78, 5) is 32.4. The van der Waals surface area contributed by atoms with Crippen LogP contribution in [0.25, 0.3) is 22.5 Å². The molecule has 2 unspecified atom stereocenters. The first kappa shape index (κ1) is 27.3.